The van der Waals surface area contributed by atoms with Gasteiger partial charge in [0.2, 0.25) is 10.0 Å². The maximum absolute atomic E-state index is 12.9. The van der Waals surface area contributed by atoms with E-state index < -0.39 is 10.0 Å². The molecule has 0 spiro atoms. The lowest BCUT2D eigenvalue weighted by atomic mass is 9.81. The maximum Gasteiger partial charge on any atom is 0.243 e. The van der Waals surface area contributed by atoms with Crippen LogP contribution in [0.2, 0.25) is 0 Å². The summed E-state index contributed by atoms with van der Waals surface area (Å²) in [6, 6.07) is 7.41. The van der Waals surface area contributed by atoms with E-state index in [0.29, 0.717) is 24.4 Å². The van der Waals surface area contributed by atoms with Gasteiger partial charge in [-0.15, -0.1) is 12.4 Å². The molecule has 1 fully saturated rings. The van der Waals surface area contributed by atoms with Gasteiger partial charge < -0.3 is 5.73 Å². The largest absolute Gasteiger partial charge is 0.327 e. The zero-order valence-electron chi connectivity index (χ0n) is 15.4. The zero-order chi connectivity index (χ0) is 17.5. The lowest BCUT2D eigenvalue weighted by Gasteiger charge is -2.41. The van der Waals surface area contributed by atoms with Crippen molar-refractivity contribution in [3.05, 3.63) is 29.8 Å². The predicted octanol–water partition coefficient (Wildman–Crippen LogP) is 3.54. The third-order valence-corrected chi connectivity index (χ3v) is 7.29. The molecule has 24 heavy (non-hydrogen) atoms. The summed E-state index contributed by atoms with van der Waals surface area (Å²) in [5.74, 6) is 0. The number of hydrogen-bond donors (Lipinski definition) is 1. The minimum absolute atomic E-state index is 0. The Labute approximate surface area is 153 Å². The third kappa shape index (κ3) is 4.13. The Morgan fingerprint density at radius 2 is 1.79 bits per heavy atom. The Balaban J connectivity index is 0.00000288. The van der Waals surface area contributed by atoms with Crippen molar-refractivity contribution in [2.45, 2.75) is 63.8 Å². The van der Waals surface area contributed by atoms with Gasteiger partial charge in [0.1, 0.15) is 0 Å². The molecule has 2 rings (SSSR count). The number of piperidine rings is 1. The molecule has 0 aromatic heterocycles. The quantitative estimate of drug-likeness (QED) is 0.876. The van der Waals surface area contributed by atoms with E-state index >= 15 is 0 Å². The van der Waals surface area contributed by atoms with Crippen molar-refractivity contribution >= 4 is 22.4 Å². The summed E-state index contributed by atoms with van der Waals surface area (Å²) in [4.78, 5) is 0.374. The Morgan fingerprint density at radius 1 is 1.25 bits per heavy atom. The van der Waals surface area contributed by atoms with E-state index in [0.717, 1.165) is 6.42 Å². The average molecular weight is 375 g/mol. The molecule has 138 valence electrons. The van der Waals surface area contributed by atoms with Crippen LogP contribution >= 0.6 is 12.4 Å². The molecule has 1 aliphatic rings. The summed E-state index contributed by atoms with van der Waals surface area (Å²) in [5, 5.41) is 0. The van der Waals surface area contributed by atoms with Crippen LogP contribution < -0.4 is 5.73 Å². The fourth-order valence-corrected chi connectivity index (χ4v) is 4.59. The number of nitrogens with two attached hydrogens (primary N) is 1. The number of benzene rings is 1. The first kappa shape index (κ1) is 21.4. The molecule has 0 amide bonds. The lowest BCUT2D eigenvalue weighted by molar-refractivity contribution is 0.155. The van der Waals surface area contributed by atoms with Crippen molar-refractivity contribution in [3.63, 3.8) is 0 Å². The van der Waals surface area contributed by atoms with Crippen molar-refractivity contribution in [3.8, 4) is 0 Å². The van der Waals surface area contributed by atoms with Crippen molar-refractivity contribution < 1.29 is 8.42 Å². The topological polar surface area (TPSA) is 63.4 Å². The number of sulfonamides is 1. The van der Waals surface area contributed by atoms with E-state index in [9.17, 15) is 8.42 Å². The molecule has 0 aliphatic carbocycles. The standard InChI is InChI=1S/C18H30N2O2S.ClH/c1-6-17(2,3)14-7-9-15(10-8-14)23(21,22)20-12-11-16(19)18(4,5)13-20;/h7-10,16H,6,11-13,19H2,1-5H3;1H. The lowest BCUT2D eigenvalue weighted by Crippen LogP contribution is -2.53. The van der Waals surface area contributed by atoms with E-state index in [1.807, 2.05) is 26.0 Å². The van der Waals surface area contributed by atoms with Gasteiger partial charge in [0.05, 0.1) is 4.90 Å². The maximum atomic E-state index is 12.9. The van der Waals surface area contributed by atoms with Gasteiger partial charge in [-0.25, -0.2) is 8.42 Å². The van der Waals surface area contributed by atoms with E-state index in [1.165, 1.54) is 5.56 Å². The second-order valence-corrected chi connectivity index (χ2v) is 9.92. The third-order valence-electron chi connectivity index (χ3n) is 5.43. The molecule has 1 unspecified atom stereocenters. The highest BCUT2D eigenvalue weighted by atomic mass is 35.5. The van der Waals surface area contributed by atoms with Gasteiger partial charge in [-0.1, -0.05) is 46.8 Å². The molecule has 0 bridgehead atoms. The number of halogens is 1. The molecule has 1 saturated heterocycles. The molecule has 1 atom stereocenters. The van der Waals surface area contributed by atoms with Crippen molar-refractivity contribution in [2.75, 3.05) is 13.1 Å². The Morgan fingerprint density at radius 3 is 2.25 bits per heavy atom. The molecular weight excluding hydrogens is 344 g/mol. The van der Waals surface area contributed by atoms with Crippen molar-refractivity contribution in [2.24, 2.45) is 11.1 Å². The second-order valence-electron chi connectivity index (χ2n) is 7.98. The number of rotatable bonds is 4. The van der Waals surface area contributed by atoms with Crippen LogP contribution in [0.25, 0.3) is 0 Å². The van der Waals surface area contributed by atoms with E-state index in [-0.39, 0.29) is 29.3 Å². The van der Waals surface area contributed by atoms with Gasteiger partial charge in [-0.3, -0.25) is 0 Å². The van der Waals surface area contributed by atoms with Gasteiger partial charge in [0, 0.05) is 19.1 Å². The van der Waals surface area contributed by atoms with Crippen LogP contribution in [0.15, 0.2) is 29.2 Å². The molecule has 1 heterocycles. The first-order valence-electron chi connectivity index (χ1n) is 8.37. The molecule has 0 saturated carbocycles. The van der Waals surface area contributed by atoms with E-state index in [4.69, 9.17) is 5.73 Å². The van der Waals surface area contributed by atoms with E-state index in [1.54, 1.807) is 16.4 Å². The molecule has 2 N–H and O–H groups in total. The molecular formula is C18H31ClN2O2S. The van der Waals surface area contributed by atoms with Crippen molar-refractivity contribution in [1.29, 1.82) is 0 Å². The summed E-state index contributed by atoms with van der Waals surface area (Å²) >= 11 is 0. The van der Waals surface area contributed by atoms with Crippen LogP contribution in [-0.4, -0.2) is 31.9 Å². The van der Waals surface area contributed by atoms with Gasteiger partial charge in [0.15, 0.2) is 0 Å². The zero-order valence-corrected chi connectivity index (χ0v) is 17.0. The molecule has 0 radical (unpaired) electrons. The molecule has 1 aromatic carbocycles. The van der Waals surface area contributed by atoms with Gasteiger partial charge in [0.25, 0.3) is 0 Å². The Bertz CT molecular complexity index is 654. The summed E-state index contributed by atoms with van der Waals surface area (Å²) in [5.41, 5.74) is 7.14. The highest BCUT2D eigenvalue weighted by molar-refractivity contribution is 7.89. The first-order valence-corrected chi connectivity index (χ1v) is 9.81. The van der Waals surface area contributed by atoms with Crippen LogP contribution in [0.1, 0.15) is 53.0 Å². The number of nitrogens with zero attached hydrogens (tertiary/aromatic N) is 1. The summed E-state index contributed by atoms with van der Waals surface area (Å²) < 4.78 is 27.4. The number of hydrogen-bond acceptors (Lipinski definition) is 3. The molecule has 1 aromatic rings. The highest BCUT2D eigenvalue weighted by Gasteiger charge is 2.38. The summed E-state index contributed by atoms with van der Waals surface area (Å²) in [7, 11) is -3.45. The minimum atomic E-state index is -3.45. The summed E-state index contributed by atoms with van der Waals surface area (Å²) in [6.07, 6.45) is 1.71. The SMILES string of the molecule is CCC(C)(C)c1ccc(S(=O)(=O)N2CCC(N)C(C)(C)C2)cc1.Cl. The minimum Gasteiger partial charge on any atom is -0.327 e. The highest BCUT2D eigenvalue weighted by Crippen LogP contribution is 2.32. The Hall–Kier alpha value is -0.620. The van der Waals surface area contributed by atoms with E-state index in [2.05, 4.69) is 20.8 Å². The molecule has 1 aliphatic heterocycles. The molecule has 4 nitrogen and oxygen atoms in total. The second kappa shape index (κ2) is 7.32. The van der Waals surface area contributed by atoms with Gasteiger partial charge >= 0.3 is 0 Å². The fraction of sp³-hybridized carbons (Fsp3) is 0.667. The van der Waals surface area contributed by atoms with Crippen LogP contribution in [0.3, 0.4) is 0 Å². The normalized spacial score (nSPS) is 22.0. The van der Waals surface area contributed by atoms with Crippen LogP contribution in [-0.2, 0) is 15.4 Å². The average Bonchev–Trinajstić information content (AvgIpc) is 2.50. The predicted molar refractivity (Wildman–Crippen MR) is 102 cm³/mol. The summed E-state index contributed by atoms with van der Waals surface area (Å²) in [6.45, 7) is 11.5. The first-order chi connectivity index (χ1) is 10.5. The van der Waals surface area contributed by atoms with Crippen LogP contribution in [0.5, 0.6) is 0 Å². The molecule has 6 heteroatoms. The Kier molecular flexibility index (Phi) is 6.54. The smallest absolute Gasteiger partial charge is 0.243 e. The van der Waals surface area contributed by atoms with Gasteiger partial charge in [-0.2, -0.15) is 4.31 Å². The van der Waals surface area contributed by atoms with Crippen LogP contribution in [0.4, 0.5) is 0 Å². The monoisotopic (exact) mass is 374 g/mol. The van der Waals surface area contributed by atoms with Crippen LogP contribution in [0, 0.1) is 5.41 Å². The van der Waals surface area contributed by atoms with Gasteiger partial charge in [-0.05, 0) is 41.4 Å². The van der Waals surface area contributed by atoms with Crippen molar-refractivity contribution in [1.82, 2.24) is 4.31 Å². The fourth-order valence-electron chi connectivity index (χ4n) is 2.96.